The van der Waals surface area contributed by atoms with Crippen LogP contribution in [-0.4, -0.2) is 7.11 Å². The Morgan fingerprint density at radius 1 is 1.00 bits per heavy atom. The number of ether oxygens (including phenoxy) is 1. The number of rotatable bonds is 3. The van der Waals surface area contributed by atoms with Crippen molar-refractivity contribution in [2.45, 2.75) is 0 Å². The maximum atomic E-state index is 13.7. The van der Waals surface area contributed by atoms with Crippen molar-refractivity contribution in [2.75, 3.05) is 18.2 Å². The molecule has 0 aliphatic heterocycles. The molecule has 0 aliphatic rings. The Labute approximate surface area is 107 Å². The maximum absolute atomic E-state index is 13.7. The van der Waals surface area contributed by atoms with Crippen molar-refractivity contribution in [2.24, 2.45) is 0 Å². The van der Waals surface area contributed by atoms with Gasteiger partial charge in [0.1, 0.15) is 23.2 Å². The zero-order valence-electron chi connectivity index (χ0n) is 10.0. The fraction of sp³-hybridized carbons (Fsp3) is 0.0769. The van der Waals surface area contributed by atoms with Gasteiger partial charge >= 0.3 is 0 Å². The largest absolute Gasteiger partial charge is 0.495 e. The Morgan fingerprint density at radius 3 is 2.32 bits per heavy atom. The molecule has 0 aromatic heterocycles. The molecule has 3 N–H and O–H groups in total. The third-order valence-corrected chi connectivity index (χ3v) is 2.52. The summed E-state index contributed by atoms with van der Waals surface area (Å²) in [6.45, 7) is 0. The summed E-state index contributed by atoms with van der Waals surface area (Å²) in [5.41, 5.74) is 5.59. The van der Waals surface area contributed by atoms with E-state index in [0.717, 1.165) is 12.1 Å². The van der Waals surface area contributed by atoms with Gasteiger partial charge in [0.05, 0.1) is 24.2 Å². The highest BCUT2D eigenvalue weighted by Crippen LogP contribution is 2.30. The van der Waals surface area contributed by atoms with Gasteiger partial charge in [-0.3, -0.25) is 0 Å². The number of methoxy groups -OCH3 is 1. The van der Waals surface area contributed by atoms with Crippen molar-refractivity contribution in [3.8, 4) is 5.75 Å². The Bertz CT molecular complexity index is 617. The van der Waals surface area contributed by atoms with Crippen molar-refractivity contribution in [3.63, 3.8) is 0 Å². The van der Waals surface area contributed by atoms with E-state index in [2.05, 4.69) is 5.32 Å². The van der Waals surface area contributed by atoms with E-state index in [-0.39, 0.29) is 22.8 Å². The van der Waals surface area contributed by atoms with Crippen molar-refractivity contribution < 1.29 is 17.9 Å². The summed E-state index contributed by atoms with van der Waals surface area (Å²) in [6, 6.07) is 5.30. The second-order valence-corrected chi connectivity index (χ2v) is 3.82. The van der Waals surface area contributed by atoms with E-state index in [9.17, 15) is 13.2 Å². The van der Waals surface area contributed by atoms with Gasteiger partial charge in [-0.25, -0.2) is 13.2 Å². The first-order valence-corrected chi connectivity index (χ1v) is 5.36. The van der Waals surface area contributed by atoms with E-state index in [0.29, 0.717) is 6.07 Å². The quantitative estimate of drug-likeness (QED) is 0.838. The predicted molar refractivity (Wildman–Crippen MR) is 67.0 cm³/mol. The van der Waals surface area contributed by atoms with Gasteiger partial charge in [-0.2, -0.15) is 0 Å². The summed E-state index contributed by atoms with van der Waals surface area (Å²) < 4.78 is 44.8. The normalized spacial score (nSPS) is 10.3. The Balaban J connectivity index is 2.37. The van der Waals surface area contributed by atoms with Crippen molar-refractivity contribution >= 4 is 17.1 Å². The van der Waals surface area contributed by atoms with E-state index in [1.807, 2.05) is 0 Å². The van der Waals surface area contributed by atoms with Crippen LogP contribution in [0.2, 0.25) is 0 Å². The van der Waals surface area contributed by atoms with E-state index in [4.69, 9.17) is 10.5 Å². The molecule has 0 heterocycles. The SMILES string of the molecule is COc1cc(Nc2ccc(F)cc2F)c(F)cc1N. The molecule has 0 atom stereocenters. The van der Waals surface area contributed by atoms with Gasteiger partial charge in [-0.1, -0.05) is 0 Å². The summed E-state index contributed by atoms with van der Waals surface area (Å²) in [6.07, 6.45) is 0. The predicted octanol–water partition coefficient (Wildman–Crippen LogP) is 3.44. The number of hydrogen-bond acceptors (Lipinski definition) is 3. The minimum absolute atomic E-state index is 0.0171. The van der Waals surface area contributed by atoms with Gasteiger partial charge in [-0.15, -0.1) is 0 Å². The number of hydrogen-bond donors (Lipinski definition) is 2. The fourth-order valence-corrected chi connectivity index (χ4v) is 1.58. The van der Waals surface area contributed by atoms with E-state index in [1.165, 1.54) is 19.2 Å². The minimum Gasteiger partial charge on any atom is -0.495 e. The van der Waals surface area contributed by atoms with Crippen LogP contribution in [0.25, 0.3) is 0 Å². The molecule has 0 unspecified atom stereocenters. The Kier molecular flexibility index (Phi) is 3.50. The average molecular weight is 268 g/mol. The molecule has 19 heavy (non-hydrogen) atoms. The smallest absolute Gasteiger partial charge is 0.149 e. The highest BCUT2D eigenvalue weighted by Gasteiger charge is 2.11. The molecule has 0 radical (unpaired) electrons. The molecule has 0 saturated carbocycles. The van der Waals surface area contributed by atoms with Crippen LogP contribution in [0.3, 0.4) is 0 Å². The molecule has 2 rings (SSSR count). The topological polar surface area (TPSA) is 47.3 Å². The molecule has 0 aliphatic carbocycles. The van der Waals surface area contributed by atoms with Crippen LogP contribution >= 0.6 is 0 Å². The van der Waals surface area contributed by atoms with Crippen LogP contribution in [0.15, 0.2) is 30.3 Å². The number of benzene rings is 2. The average Bonchev–Trinajstić information content (AvgIpc) is 2.35. The van der Waals surface area contributed by atoms with Crippen molar-refractivity contribution in [1.29, 1.82) is 0 Å². The first kappa shape index (κ1) is 13.1. The lowest BCUT2D eigenvalue weighted by Crippen LogP contribution is -2.00. The van der Waals surface area contributed by atoms with Gasteiger partial charge in [0.2, 0.25) is 0 Å². The number of halogens is 3. The van der Waals surface area contributed by atoms with Gasteiger partial charge in [0.15, 0.2) is 0 Å². The lowest BCUT2D eigenvalue weighted by Gasteiger charge is -2.12. The second kappa shape index (κ2) is 5.09. The van der Waals surface area contributed by atoms with Gasteiger partial charge < -0.3 is 15.8 Å². The number of nitrogen functional groups attached to an aromatic ring is 1. The van der Waals surface area contributed by atoms with E-state index < -0.39 is 17.5 Å². The van der Waals surface area contributed by atoms with Crippen molar-refractivity contribution in [3.05, 3.63) is 47.8 Å². The number of nitrogens with two attached hydrogens (primary N) is 1. The van der Waals surface area contributed by atoms with Crippen LogP contribution in [0.1, 0.15) is 0 Å². The second-order valence-electron chi connectivity index (χ2n) is 3.82. The third-order valence-electron chi connectivity index (χ3n) is 2.52. The van der Waals surface area contributed by atoms with Gasteiger partial charge in [0, 0.05) is 18.2 Å². The van der Waals surface area contributed by atoms with Crippen LogP contribution in [0.4, 0.5) is 30.2 Å². The molecule has 6 heteroatoms. The van der Waals surface area contributed by atoms with Gasteiger partial charge in [-0.05, 0) is 12.1 Å². The molecule has 0 fully saturated rings. The highest BCUT2D eigenvalue weighted by molar-refractivity contribution is 5.67. The molecule has 0 saturated heterocycles. The minimum atomic E-state index is -0.824. The lowest BCUT2D eigenvalue weighted by molar-refractivity contribution is 0.416. The van der Waals surface area contributed by atoms with Crippen molar-refractivity contribution in [1.82, 2.24) is 0 Å². The molecule has 0 amide bonds. The lowest BCUT2D eigenvalue weighted by atomic mass is 10.2. The molecular formula is C13H11F3N2O. The Morgan fingerprint density at radius 2 is 1.68 bits per heavy atom. The standard InChI is InChI=1S/C13H11F3N2O/c1-19-13-6-12(9(16)5-10(13)17)18-11-3-2-7(14)4-8(11)15/h2-6,18H,17H2,1H3. The summed E-state index contributed by atoms with van der Waals surface area (Å²) in [5, 5.41) is 2.52. The summed E-state index contributed by atoms with van der Waals surface area (Å²) in [7, 11) is 1.38. The zero-order chi connectivity index (χ0) is 14.0. The molecule has 2 aromatic rings. The van der Waals surface area contributed by atoms with Crippen LogP contribution < -0.4 is 15.8 Å². The Hall–Kier alpha value is -2.37. The molecule has 0 spiro atoms. The van der Waals surface area contributed by atoms with E-state index >= 15 is 0 Å². The first-order valence-electron chi connectivity index (χ1n) is 5.36. The molecule has 0 bridgehead atoms. The number of anilines is 3. The molecular weight excluding hydrogens is 257 g/mol. The molecule has 2 aromatic carbocycles. The first-order chi connectivity index (χ1) is 9.01. The third kappa shape index (κ3) is 2.73. The maximum Gasteiger partial charge on any atom is 0.149 e. The van der Waals surface area contributed by atoms with E-state index in [1.54, 1.807) is 0 Å². The number of nitrogens with one attached hydrogen (secondary N) is 1. The fourth-order valence-electron chi connectivity index (χ4n) is 1.58. The van der Waals surface area contributed by atoms with Crippen LogP contribution in [-0.2, 0) is 0 Å². The van der Waals surface area contributed by atoms with Crippen LogP contribution in [0, 0.1) is 17.5 Å². The molecule has 100 valence electrons. The summed E-state index contributed by atoms with van der Waals surface area (Å²) >= 11 is 0. The highest BCUT2D eigenvalue weighted by atomic mass is 19.1. The summed E-state index contributed by atoms with van der Waals surface area (Å²) in [5.74, 6) is -1.94. The van der Waals surface area contributed by atoms with Crippen LogP contribution in [0.5, 0.6) is 5.75 Å². The molecule has 3 nitrogen and oxygen atoms in total. The monoisotopic (exact) mass is 268 g/mol. The van der Waals surface area contributed by atoms with Gasteiger partial charge in [0.25, 0.3) is 0 Å². The summed E-state index contributed by atoms with van der Waals surface area (Å²) in [4.78, 5) is 0. The zero-order valence-corrected chi connectivity index (χ0v) is 10.0.